The molecule has 18 heavy (non-hydrogen) atoms. The van der Waals surface area contributed by atoms with E-state index in [-0.39, 0.29) is 25.0 Å². The van der Waals surface area contributed by atoms with Gasteiger partial charge in [-0.25, -0.2) is 0 Å². The van der Waals surface area contributed by atoms with Crippen molar-refractivity contribution in [2.24, 2.45) is 0 Å². The summed E-state index contributed by atoms with van der Waals surface area (Å²) in [5, 5.41) is 0. The summed E-state index contributed by atoms with van der Waals surface area (Å²) in [5.41, 5.74) is 0. The van der Waals surface area contributed by atoms with E-state index in [4.69, 9.17) is 4.74 Å². The molecule has 1 aliphatic rings. The lowest BCUT2D eigenvalue weighted by Crippen LogP contribution is -2.20. The summed E-state index contributed by atoms with van der Waals surface area (Å²) in [7, 11) is 0. The van der Waals surface area contributed by atoms with Crippen molar-refractivity contribution in [2.45, 2.75) is 0 Å². The molecule has 0 unspecified atom stereocenters. The molecular formula is C12H5Br3O3. The Morgan fingerprint density at radius 3 is 1.94 bits per heavy atom. The molecule has 6 heteroatoms. The highest BCUT2D eigenvalue weighted by atomic mass is 79.9. The Morgan fingerprint density at radius 2 is 1.33 bits per heavy atom. The molecule has 0 atom stereocenters. The minimum Gasteiger partial charge on any atom is -0.452 e. The second kappa shape index (κ2) is 5.50. The normalized spacial score (nSPS) is 16.4. The smallest absolute Gasteiger partial charge is 0.237 e. The van der Waals surface area contributed by atoms with E-state index in [0.717, 1.165) is 0 Å². The van der Waals surface area contributed by atoms with Crippen molar-refractivity contribution in [1.29, 1.82) is 0 Å². The van der Waals surface area contributed by atoms with Crippen molar-refractivity contribution >= 4 is 59.4 Å². The van der Waals surface area contributed by atoms with Gasteiger partial charge in [0.15, 0.2) is 5.76 Å². The van der Waals surface area contributed by atoms with E-state index in [0.29, 0.717) is 5.75 Å². The highest BCUT2D eigenvalue weighted by Crippen LogP contribution is 2.35. The van der Waals surface area contributed by atoms with Gasteiger partial charge in [-0.1, -0.05) is 18.2 Å². The number of ether oxygens (including phenoxy) is 1. The quantitative estimate of drug-likeness (QED) is 0.662. The molecule has 3 nitrogen and oxygen atoms in total. The fraction of sp³-hybridized carbons (Fsp3) is 0. The number of halogens is 3. The average Bonchev–Trinajstić information content (AvgIpc) is 2.40. The highest BCUT2D eigenvalue weighted by Gasteiger charge is 2.33. The number of hydrogen-bond acceptors (Lipinski definition) is 3. The van der Waals surface area contributed by atoms with Crippen molar-refractivity contribution in [3.8, 4) is 5.75 Å². The fourth-order valence-electron chi connectivity index (χ4n) is 1.30. The Labute approximate surface area is 128 Å². The summed E-state index contributed by atoms with van der Waals surface area (Å²) < 4.78 is 5.88. The number of Topliss-reactive ketones (excluding diaryl/α,β-unsaturated/α-hetero) is 2. The molecule has 0 bridgehead atoms. The van der Waals surface area contributed by atoms with Crippen LogP contribution in [0.2, 0.25) is 0 Å². The van der Waals surface area contributed by atoms with Crippen LogP contribution >= 0.6 is 47.8 Å². The van der Waals surface area contributed by atoms with Crippen LogP contribution in [-0.2, 0) is 9.59 Å². The largest absolute Gasteiger partial charge is 0.452 e. The van der Waals surface area contributed by atoms with Gasteiger partial charge >= 0.3 is 0 Å². The third kappa shape index (κ3) is 2.50. The van der Waals surface area contributed by atoms with E-state index in [1.807, 2.05) is 6.07 Å². The van der Waals surface area contributed by atoms with Gasteiger partial charge in [0.2, 0.25) is 11.6 Å². The number of carbonyl (C=O) groups is 2. The van der Waals surface area contributed by atoms with Crippen LogP contribution in [0.1, 0.15) is 0 Å². The predicted molar refractivity (Wildman–Crippen MR) is 77.9 cm³/mol. The van der Waals surface area contributed by atoms with Gasteiger partial charge < -0.3 is 4.74 Å². The number of ketones is 2. The minimum atomic E-state index is -0.391. The molecule has 2 rings (SSSR count). The first-order valence-electron chi connectivity index (χ1n) is 4.79. The van der Waals surface area contributed by atoms with Crippen molar-refractivity contribution in [3.63, 3.8) is 0 Å². The topological polar surface area (TPSA) is 43.4 Å². The summed E-state index contributed by atoms with van der Waals surface area (Å²) in [6.07, 6.45) is 0. The molecule has 0 saturated heterocycles. The maximum atomic E-state index is 12.0. The first-order chi connectivity index (χ1) is 8.52. The SMILES string of the molecule is O=C1C(Br)=C(Br)C(=O)C(Oc2ccccc2)=C1Br. The van der Waals surface area contributed by atoms with E-state index in [2.05, 4.69) is 47.8 Å². The van der Waals surface area contributed by atoms with E-state index < -0.39 is 5.78 Å². The van der Waals surface area contributed by atoms with Crippen LogP contribution in [0.5, 0.6) is 5.75 Å². The van der Waals surface area contributed by atoms with Gasteiger partial charge in [0.25, 0.3) is 0 Å². The first-order valence-corrected chi connectivity index (χ1v) is 7.17. The van der Waals surface area contributed by atoms with Crippen LogP contribution in [0, 0.1) is 0 Å². The summed E-state index contributed by atoms with van der Waals surface area (Å²) in [6, 6.07) is 8.79. The van der Waals surface area contributed by atoms with Crippen LogP contribution in [0.15, 0.2) is 49.5 Å². The maximum absolute atomic E-state index is 12.0. The van der Waals surface area contributed by atoms with Crippen LogP contribution in [0.4, 0.5) is 0 Å². The molecule has 0 aromatic heterocycles. The molecule has 0 N–H and O–H groups in total. The summed E-state index contributed by atoms with van der Waals surface area (Å²) in [6.45, 7) is 0. The molecule has 0 radical (unpaired) electrons. The molecule has 0 fully saturated rings. The summed E-state index contributed by atoms with van der Waals surface area (Å²) >= 11 is 9.21. The number of carbonyl (C=O) groups excluding carboxylic acids is 2. The molecule has 0 amide bonds. The number of benzene rings is 1. The van der Waals surface area contributed by atoms with E-state index in [9.17, 15) is 9.59 Å². The van der Waals surface area contributed by atoms with Crippen molar-refractivity contribution in [3.05, 3.63) is 49.5 Å². The zero-order valence-electron chi connectivity index (χ0n) is 8.75. The minimum absolute atomic E-state index is 0.0266. The zero-order chi connectivity index (χ0) is 13.3. The Hall–Kier alpha value is -0.720. The number of allylic oxidation sites excluding steroid dienone is 3. The van der Waals surface area contributed by atoms with Gasteiger partial charge in [0, 0.05) is 0 Å². The highest BCUT2D eigenvalue weighted by molar-refractivity contribution is 9.15. The molecule has 0 heterocycles. The molecule has 1 aromatic carbocycles. The lowest BCUT2D eigenvalue weighted by Gasteiger charge is -2.15. The Balaban J connectivity index is 2.39. The maximum Gasteiger partial charge on any atom is 0.237 e. The molecule has 1 aliphatic carbocycles. The third-order valence-electron chi connectivity index (χ3n) is 2.16. The van der Waals surface area contributed by atoms with E-state index in [1.165, 1.54) is 0 Å². The number of rotatable bonds is 2. The van der Waals surface area contributed by atoms with Gasteiger partial charge in [-0.05, 0) is 59.9 Å². The van der Waals surface area contributed by atoms with Gasteiger partial charge in [0.1, 0.15) is 10.2 Å². The second-order valence-electron chi connectivity index (χ2n) is 3.34. The van der Waals surface area contributed by atoms with Crippen molar-refractivity contribution in [1.82, 2.24) is 0 Å². The second-order valence-corrected chi connectivity index (χ2v) is 5.72. The molecule has 0 aliphatic heterocycles. The monoisotopic (exact) mass is 434 g/mol. The van der Waals surface area contributed by atoms with E-state index >= 15 is 0 Å². The number of hydrogen-bond donors (Lipinski definition) is 0. The predicted octanol–water partition coefficient (Wildman–Crippen LogP) is 3.83. The van der Waals surface area contributed by atoms with Gasteiger partial charge in [0.05, 0.1) is 8.96 Å². The summed E-state index contributed by atoms with van der Waals surface area (Å²) in [4.78, 5) is 23.8. The van der Waals surface area contributed by atoms with Crippen LogP contribution in [0.25, 0.3) is 0 Å². The lowest BCUT2D eigenvalue weighted by molar-refractivity contribution is -0.116. The number of para-hydroxylation sites is 1. The van der Waals surface area contributed by atoms with Gasteiger partial charge in [-0.15, -0.1) is 0 Å². The van der Waals surface area contributed by atoms with Crippen molar-refractivity contribution in [2.75, 3.05) is 0 Å². The lowest BCUT2D eigenvalue weighted by atomic mass is 10.1. The van der Waals surface area contributed by atoms with E-state index in [1.54, 1.807) is 24.3 Å². The molecule has 1 aromatic rings. The molecule has 0 spiro atoms. The first kappa shape index (κ1) is 13.7. The third-order valence-corrected chi connectivity index (χ3v) is 4.93. The zero-order valence-corrected chi connectivity index (χ0v) is 13.5. The van der Waals surface area contributed by atoms with Gasteiger partial charge in [-0.2, -0.15) is 0 Å². The molecule has 92 valence electrons. The Morgan fingerprint density at radius 1 is 0.778 bits per heavy atom. The average molecular weight is 437 g/mol. The van der Waals surface area contributed by atoms with Crippen LogP contribution in [-0.4, -0.2) is 11.6 Å². The van der Waals surface area contributed by atoms with Crippen molar-refractivity contribution < 1.29 is 14.3 Å². The fourth-order valence-corrected chi connectivity index (χ4v) is 2.76. The molecular weight excluding hydrogens is 432 g/mol. The van der Waals surface area contributed by atoms with Crippen LogP contribution < -0.4 is 4.74 Å². The Bertz CT molecular complexity index is 588. The summed E-state index contributed by atoms with van der Waals surface area (Å²) in [5.74, 6) is -0.269. The van der Waals surface area contributed by atoms with Crippen LogP contribution in [0.3, 0.4) is 0 Å². The Kier molecular flexibility index (Phi) is 4.19. The standard InChI is InChI=1S/C12H5Br3O3/c13-7-8(14)11(17)12(9(15)10(7)16)18-6-4-2-1-3-5-6/h1-5H. The molecule has 0 saturated carbocycles. The van der Waals surface area contributed by atoms with Gasteiger partial charge in [-0.3, -0.25) is 9.59 Å².